The number of rotatable bonds is 4. The molecule has 3 atom stereocenters. The zero-order chi connectivity index (χ0) is 17.2. The molecule has 2 fully saturated rings. The van der Waals surface area contributed by atoms with Crippen LogP contribution in [0.4, 0.5) is 0 Å². The van der Waals surface area contributed by atoms with E-state index in [1.54, 1.807) is 11.1 Å². The smallest absolute Gasteiger partial charge is 0.0228 e. The summed E-state index contributed by atoms with van der Waals surface area (Å²) in [5, 5.41) is 0. The second-order valence-electron chi connectivity index (χ2n) is 8.36. The number of benzene rings is 1. The third-order valence-electron chi connectivity index (χ3n) is 6.85. The van der Waals surface area contributed by atoms with Gasteiger partial charge in [-0.3, -0.25) is 15.8 Å². The van der Waals surface area contributed by atoms with Crippen molar-refractivity contribution in [3.8, 4) is 0 Å². The van der Waals surface area contributed by atoms with E-state index in [1.807, 2.05) is 0 Å². The summed E-state index contributed by atoms with van der Waals surface area (Å²) in [6.45, 7) is 10.9. The van der Waals surface area contributed by atoms with Gasteiger partial charge in [0.2, 0.25) is 0 Å². The molecule has 4 nitrogen and oxygen atoms in total. The Morgan fingerprint density at radius 3 is 2.36 bits per heavy atom. The van der Waals surface area contributed by atoms with Crippen LogP contribution in [0.25, 0.3) is 0 Å². The van der Waals surface area contributed by atoms with Gasteiger partial charge in [-0.15, -0.1) is 0 Å². The molecule has 0 saturated carbocycles. The summed E-state index contributed by atoms with van der Waals surface area (Å²) in [7, 11) is 0. The van der Waals surface area contributed by atoms with Gasteiger partial charge in [-0.25, -0.2) is 0 Å². The second-order valence-corrected chi connectivity index (χ2v) is 8.36. The average molecular weight is 343 g/mol. The van der Waals surface area contributed by atoms with Crippen molar-refractivity contribution in [3.05, 3.63) is 35.4 Å². The fraction of sp³-hybridized carbons (Fsp3) is 0.714. The van der Waals surface area contributed by atoms with E-state index in [9.17, 15) is 0 Å². The van der Waals surface area contributed by atoms with Crippen LogP contribution in [0.2, 0.25) is 0 Å². The lowest BCUT2D eigenvalue weighted by Gasteiger charge is -2.41. The molecule has 0 spiro atoms. The fourth-order valence-electron chi connectivity index (χ4n) is 5.08. The van der Waals surface area contributed by atoms with Crippen LogP contribution >= 0.6 is 0 Å². The third kappa shape index (κ3) is 3.92. The van der Waals surface area contributed by atoms with E-state index in [0.29, 0.717) is 12.1 Å². The standard InChI is InChI=1S/C21H34N4/c1-16-21(17(2)23-22-16)9-10-24-11-13-25(14-12-24)20-8-7-18-5-3-4-6-19(18)15-20/h3-6,16-17,20-23H,7-15H2,1-2H3. The number of piperazine rings is 1. The van der Waals surface area contributed by atoms with Crippen molar-refractivity contribution in [2.24, 2.45) is 5.92 Å². The van der Waals surface area contributed by atoms with E-state index < -0.39 is 0 Å². The van der Waals surface area contributed by atoms with Crippen LogP contribution < -0.4 is 10.9 Å². The summed E-state index contributed by atoms with van der Waals surface area (Å²) in [4.78, 5) is 5.45. The SMILES string of the molecule is CC1NNC(C)C1CCN1CCN(C2CCc3ccccc3C2)CC1. The molecular weight excluding hydrogens is 308 g/mol. The van der Waals surface area contributed by atoms with E-state index in [0.717, 1.165) is 12.0 Å². The second kappa shape index (κ2) is 7.75. The minimum Gasteiger partial charge on any atom is -0.301 e. The van der Waals surface area contributed by atoms with Gasteiger partial charge in [0, 0.05) is 44.3 Å². The molecule has 25 heavy (non-hydrogen) atoms. The molecule has 1 aromatic carbocycles. The minimum absolute atomic E-state index is 0.596. The van der Waals surface area contributed by atoms with Gasteiger partial charge >= 0.3 is 0 Å². The van der Waals surface area contributed by atoms with E-state index >= 15 is 0 Å². The highest BCUT2D eigenvalue weighted by molar-refractivity contribution is 5.30. The molecule has 4 rings (SSSR count). The van der Waals surface area contributed by atoms with Crippen molar-refractivity contribution in [1.82, 2.24) is 20.7 Å². The summed E-state index contributed by atoms with van der Waals surface area (Å²) in [5.74, 6) is 0.757. The van der Waals surface area contributed by atoms with E-state index in [-0.39, 0.29) is 0 Å². The van der Waals surface area contributed by atoms with Gasteiger partial charge in [-0.05, 0) is 63.1 Å². The fourth-order valence-corrected chi connectivity index (χ4v) is 5.08. The molecular formula is C21H34N4. The molecule has 2 saturated heterocycles. The maximum atomic E-state index is 3.39. The predicted molar refractivity (Wildman–Crippen MR) is 104 cm³/mol. The molecule has 0 aromatic heterocycles. The van der Waals surface area contributed by atoms with Gasteiger partial charge in [0.1, 0.15) is 0 Å². The van der Waals surface area contributed by atoms with E-state index in [4.69, 9.17) is 0 Å². The summed E-state index contributed by atoms with van der Waals surface area (Å²) in [6.07, 6.45) is 5.16. The highest BCUT2D eigenvalue weighted by Gasteiger charge is 2.31. The van der Waals surface area contributed by atoms with Crippen LogP contribution in [0.5, 0.6) is 0 Å². The lowest BCUT2D eigenvalue weighted by molar-refractivity contribution is 0.0854. The molecule has 2 aliphatic heterocycles. The largest absolute Gasteiger partial charge is 0.301 e. The summed E-state index contributed by atoms with van der Waals surface area (Å²) in [6, 6.07) is 11.0. The molecule has 2 heterocycles. The summed E-state index contributed by atoms with van der Waals surface area (Å²) >= 11 is 0. The maximum absolute atomic E-state index is 3.39. The number of fused-ring (bicyclic) bond motifs is 1. The number of nitrogens with zero attached hydrogens (tertiary/aromatic N) is 2. The molecule has 3 aliphatic rings. The Balaban J connectivity index is 1.24. The van der Waals surface area contributed by atoms with Gasteiger partial charge in [0.05, 0.1) is 0 Å². The Bertz CT molecular complexity index is 557. The molecule has 4 heteroatoms. The van der Waals surface area contributed by atoms with Crippen LogP contribution in [-0.2, 0) is 12.8 Å². The van der Waals surface area contributed by atoms with Gasteiger partial charge in [-0.2, -0.15) is 0 Å². The van der Waals surface area contributed by atoms with Crippen molar-refractivity contribution >= 4 is 0 Å². The van der Waals surface area contributed by atoms with Gasteiger partial charge in [0.25, 0.3) is 0 Å². The number of nitrogens with one attached hydrogen (secondary N) is 2. The first kappa shape index (κ1) is 17.5. The number of hydrogen-bond acceptors (Lipinski definition) is 4. The summed E-state index contributed by atoms with van der Waals surface area (Å²) < 4.78 is 0. The molecule has 138 valence electrons. The first-order valence-electron chi connectivity index (χ1n) is 10.2. The van der Waals surface area contributed by atoms with E-state index in [1.165, 1.54) is 58.4 Å². The molecule has 0 radical (unpaired) electrons. The van der Waals surface area contributed by atoms with Gasteiger partial charge in [0.15, 0.2) is 0 Å². The number of hydrazine groups is 1. The van der Waals surface area contributed by atoms with Crippen molar-refractivity contribution < 1.29 is 0 Å². The zero-order valence-corrected chi connectivity index (χ0v) is 15.9. The van der Waals surface area contributed by atoms with Crippen LogP contribution in [0, 0.1) is 5.92 Å². The van der Waals surface area contributed by atoms with Crippen LogP contribution in [0.1, 0.15) is 37.8 Å². The Morgan fingerprint density at radius 2 is 1.64 bits per heavy atom. The van der Waals surface area contributed by atoms with E-state index in [2.05, 4.69) is 58.8 Å². The lowest BCUT2D eigenvalue weighted by atomic mass is 9.87. The van der Waals surface area contributed by atoms with Crippen molar-refractivity contribution in [2.75, 3.05) is 32.7 Å². The first-order valence-corrected chi connectivity index (χ1v) is 10.2. The summed E-state index contributed by atoms with van der Waals surface area (Å²) in [5.41, 5.74) is 9.95. The van der Waals surface area contributed by atoms with Crippen molar-refractivity contribution in [3.63, 3.8) is 0 Å². The average Bonchev–Trinajstić information content (AvgIpc) is 2.98. The Hall–Kier alpha value is -0.940. The molecule has 3 unspecified atom stereocenters. The number of aryl methyl sites for hydroxylation is 1. The third-order valence-corrected chi connectivity index (χ3v) is 6.85. The Morgan fingerprint density at radius 1 is 0.960 bits per heavy atom. The minimum atomic E-state index is 0.596. The molecule has 0 bridgehead atoms. The normalized spacial score (nSPS) is 34.2. The van der Waals surface area contributed by atoms with Crippen molar-refractivity contribution in [2.45, 2.75) is 57.7 Å². The molecule has 2 N–H and O–H groups in total. The van der Waals surface area contributed by atoms with Gasteiger partial charge in [-0.1, -0.05) is 24.3 Å². The van der Waals surface area contributed by atoms with Crippen LogP contribution in [0.15, 0.2) is 24.3 Å². The lowest BCUT2D eigenvalue weighted by Crippen LogP contribution is -2.52. The zero-order valence-electron chi connectivity index (χ0n) is 15.9. The first-order chi connectivity index (χ1) is 12.2. The Kier molecular flexibility index (Phi) is 5.41. The van der Waals surface area contributed by atoms with Gasteiger partial charge < -0.3 is 4.90 Å². The molecule has 1 aliphatic carbocycles. The highest BCUT2D eigenvalue weighted by Crippen LogP contribution is 2.25. The monoisotopic (exact) mass is 342 g/mol. The predicted octanol–water partition coefficient (Wildman–Crippen LogP) is 2.05. The molecule has 0 amide bonds. The van der Waals surface area contributed by atoms with Crippen molar-refractivity contribution in [1.29, 1.82) is 0 Å². The van der Waals surface area contributed by atoms with Crippen LogP contribution in [-0.4, -0.2) is 60.6 Å². The quantitative estimate of drug-likeness (QED) is 0.877. The van der Waals surface area contributed by atoms with Crippen LogP contribution in [0.3, 0.4) is 0 Å². The maximum Gasteiger partial charge on any atom is 0.0228 e. The Labute approximate surface area is 152 Å². The number of hydrogen-bond donors (Lipinski definition) is 2. The highest BCUT2D eigenvalue weighted by atomic mass is 15.4. The topological polar surface area (TPSA) is 30.5 Å². The molecule has 1 aromatic rings.